The van der Waals surface area contributed by atoms with Crippen LogP contribution < -0.4 is 5.56 Å². The topological polar surface area (TPSA) is 88.0 Å². The Balaban J connectivity index is 1.52. The summed E-state index contributed by atoms with van der Waals surface area (Å²) < 4.78 is 3.47. The molecule has 0 aromatic carbocycles. The summed E-state index contributed by atoms with van der Waals surface area (Å²) in [5, 5.41) is 13.8. The fourth-order valence-corrected chi connectivity index (χ4v) is 4.80. The number of fused-ring (bicyclic) bond motifs is 2. The molecule has 32 heavy (non-hydrogen) atoms. The zero-order valence-corrected chi connectivity index (χ0v) is 18.7. The van der Waals surface area contributed by atoms with Gasteiger partial charge in [-0.1, -0.05) is 6.07 Å². The van der Waals surface area contributed by atoms with E-state index in [1.165, 1.54) is 5.56 Å². The SMILES string of the molecule is Cc1cn2nc(-c3cc(=O)n4cc(C5CCN(CCO)CC5)cc(C)c4n3)cc2c(C)n1. The maximum absolute atomic E-state index is 13.1. The number of β-amino-alcohol motifs (C(OH)–C–C–N with tert-alkyl or cyclic N) is 1. The Bertz CT molecular complexity index is 1360. The molecule has 0 spiro atoms. The molecule has 1 fully saturated rings. The number of hydrogen-bond donors (Lipinski definition) is 1. The Hall–Kier alpha value is -3.10. The lowest BCUT2D eigenvalue weighted by Gasteiger charge is -2.31. The van der Waals surface area contributed by atoms with E-state index >= 15 is 0 Å². The maximum Gasteiger partial charge on any atom is 0.258 e. The first kappa shape index (κ1) is 20.8. The molecule has 8 nitrogen and oxygen atoms in total. The summed E-state index contributed by atoms with van der Waals surface area (Å²) in [7, 11) is 0. The third-order valence-electron chi connectivity index (χ3n) is 6.46. The molecule has 0 bridgehead atoms. The van der Waals surface area contributed by atoms with Gasteiger partial charge >= 0.3 is 0 Å². The van der Waals surface area contributed by atoms with Crippen LogP contribution in [0.2, 0.25) is 0 Å². The summed E-state index contributed by atoms with van der Waals surface area (Å²) in [5.41, 5.74) is 6.66. The molecule has 0 amide bonds. The normalized spacial score (nSPS) is 15.8. The first-order chi connectivity index (χ1) is 15.4. The minimum atomic E-state index is -0.101. The lowest BCUT2D eigenvalue weighted by molar-refractivity contribution is 0.164. The van der Waals surface area contributed by atoms with Crippen LogP contribution in [0.25, 0.3) is 22.6 Å². The highest BCUT2D eigenvalue weighted by Gasteiger charge is 2.22. The molecule has 0 atom stereocenters. The van der Waals surface area contributed by atoms with Crippen molar-refractivity contribution in [2.75, 3.05) is 26.2 Å². The number of likely N-dealkylation sites (tertiary alicyclic amines) is 1. The van der Waals surface area contributed by atoms with Crippen molar-refractivity contribution < 1.29 is 5.11 Å². The molecule has 4 aromatic heterocycles. The van der Waals surface area contributed by atoms with Crippen molar-refractivity contribution in [2.45, 2.75) is 39.5 Å². The highest BCUT2D eigenvalue weighted by atomic mass is 16.3. The van der Waals surface area contributed by atoms with E-state index in [9.17, 15) is 4.79 Å². The average Bonchev–Trinajstić information content (AvgIpc) is 3.19. The van der Waals surface area contributed by atoms with E-state index in [0.717, 1.165) is 54.9 Å². The van der Waals surface area contributed by atoms with Gasteiger partial charge in [-0.05, 0) is 69.8 Å². The second kappa shape index (κ2) is 8.11. The lowest BCUT2D eigenvalue weighted by atomic mass is 9.90. The van der Waals surface area contributed by atoms with Crippen LogP contribution in [-0.4, -0.2) is 60.2 Å². The monoisotopic (exact) mass is 432 g/mol. The lowest BCUT2D eigenvalue weighted by Crippen LogP contribution is -2.35. The quantitative estimate of drug-likeness (QED) is 0.533. The summed E-state index contributed by atoms with van der Waals surface area (Å²) in [5.74, 6) is 0.414. The van der Waals surface area contributed by atoms with Gasteiger partial charge in [0.1, 0.15) is 11.3 Å². The van der Waals surface area contributed by atoms with Crippen molar-refractivity contribution in [2.24, 2.45) is 0 Å². The van der Waals surface area contributed by atoms with Gasteiger partial charge in [-0.25, -0.2) is 9.50 Å². The van der Waals surface area contributed by atoms with Crippen molar-refractivity contribution in [3.05, 3.63) is 63.5 Å². The third kappa shape index (κ3) is 3.69. The van der Waals surface area contributed by atoms with E-state index in [1.807, 2.05) is 39.2 Å². The van der Waals surface area contributed by atoms with Crippen LogP contribution >= 0.6 is 0 Å². The van der Waals surface area contributed by atoms with Crippen LogP contribution in [-0.2, 0) is 0 Å². The van der Waals surface area contributed by atoms with Gasteiger partial charge in [-0.2, -0.15) is 5.10 Å². The molecule has 0 saturated carbocycles. The fraction of sp³-hybridized carbons (Fsp3) is 0.417. The van der Waals surface area contributed by atoms with Gasteiger partial charge in [0.2, 0.25) is 0 Å². The smallest absolute Gasteiger partial charge is 0.258 e. The van der Waals surface area contributed by atoms with Gasteiger partial charge in [-0.3, -0.25) is 14.2 Å². The molecular weight excluding hydrogens is 404 g/mol. The zero-order chi connectivity index (χ0) is 22.4. The van der Waals surface area contributed by atoms with Crippen molar-refractivity contribution in [3.8, 4) is 11.4 Å². The molecule has 8 heteroatoms. The van der Waals surface area contributed by atoms with Gasteiger partial charge in [0.05, 0.1) is 35.4 Å². The summed E-state index contributed by atoms with van der Waals surface area (Å²) in [6.07, 6.45) is 5.89. The number of aliphatic hydroxyl groups excluding tert-OH is 1. The summed E-state index contributed by atoms with van der Waals surface area (Å²) >= 11 is 0. The number of piperidine rings is 1. The van der Waals surface area contributed by atoms with Crippen molar-refractivity contribution in [1.82, 2.24) is 28.9 Å². The van der Waals surface area contributed by atoms with Gasteiger partial charge < -0.3 is 10.0 Å². The van der Waals surface area contributed by atoms with Gasteiger partial charge in [0, 0.05) is 18.8 Å². The number of hydrogen-bond acceptors (Lipinski definition) is 6. The summed E-state index contributed by atoms with van der Waals surface area (Å²) in [6.45, 7) is 8.77. The second-order valence-corrected chi connectivity index (χ2v) is 8.80. The Kier molecular flexibility index (Phi) is 5.27. The molecule has 5 rings (SSSR count). The van der Waals surface area contributed by atoms with Crippen LogP contribution in [0, 0.1) is 20.8 Å². The highest BCUT2D eigenvalue weighted by Crippen LogP contribution is 2.29. The molecule has 5 heterocycles. The van der Waals surface area contributed by atoms with Crippen molar-refractivity contribution >= 4 is 11.2 Å². The van der Waals surface area contributed by atoms with Gasteiger partial charge in [0.15, 0.2) is 0 Å². The zero-order valence-electron chi connectivity index (χ0n) is 18.7. The van der Waals surface area contributed by atoms with Crippen molar-refractivity contribution in [1.29, 1.82) is 0 Å². The predicted molar refractivity (Wildman–Crippen MR) is 123 cm³/mol. The molecule has 0 unspecified atom stereocenters. The second-order valence-electron chi connectivity index (χ2n) is 8.80. The molecule has 0 radical (unpaired) electrons. The largest absolute Gasteiger partial charge is 0.395 e. The highest BCUT2D eigenvalue weighted by molar-refractivity contribution is 5.66. The van der Waals surface area contributed by atoms with Crippen LogP contribution in [0.3, 0.4) is 0 Å². The predicted octanol–water partition coefficient (Wildman–Crippen LogP) is 2.50. The van der Waals surface area contributed by atoms with Crippen LogP contribution in [0.4, 0.5) is 0 Å². The Morgan fingerprint density at radius 3 is 2.56 bits per heavy atom. The minimum Gasteiger partial charge on any atom is -0.395 e. The molecular formula is C24H28N6O2. The standard InChI is InChI=1S/C24H28N6O2/c1-15-10-19(18-4-6-28(7-5-18)8-9-31)14-29-23(32)12-20(26-24(15)29)21-11-22-17(3)25-16(2)13-30(22)27-21/h10-14,18,31H,4-9H2,1-3H3. The number of rotatable bonds is 4. The number of aliphatic hydroxyl groups is 1. The molecule has 1 saturated heterocycles. The van der Waals surface area contributed by atoms with Crippen LogP contribution in [0.5, 0.6) is 0 Å². The van der Waals surface area contributed by atoms with E-state index in [-0.39, 0.29) is 12.2 Å². The van der Waals surface area contributed by atoms with Crippen LogP contribution in [0.15, 0.2) is 35.4 Å². The molecule has 4 aromatic rings. The number of aryl methyl sites for hydroxylation is 3. The van der Waals surface area contributed by atoms with E-state index in [4.69, 9.17) is 10.1 Å². The minimum absolute atomic E-state index is 0.101. The van der Waals surface area contributed by atoms with E-state index in [2.05, 4.69) is 21.0 Å². The summed E-state index contributed by atoms with van der Waals surface area (Å²) in [6, 6.07) is 5.67. The van der Waals surface area contributed by atoms with E-state index in [1.54, 1.807) is 15.0 Å². The Morgan fingerprint density at radius 1 is 1.03 bits per heavy atom. The van der Waals surface area contributed by atoms with Gasteiger partial charge in [-0.15, -0.1) is 0 Å². The van der Waals surface area contributed by atoms with Crippen molar-refractivity contribution in [3.63, 3.8) is 0 Å². The third-order valence-corrected chi connectivity index (χ3v) is 6.46. The molecule has 1 N–H and O–H groups in total. The maximum atomic E-state index is 13.1. The van der Waals surface area contributed by atoms with E-state index in [0.29, 0.717) is 23.0 Å². The van der Waals surface area contributed by atoms with Gasteiger partial charge in [0.25, 0.3) is 5.56 Å². The number of pyridine rings is 1. The average molecular weight is 433 g/mol. The molecule has 0 aliphatic carbocycles. The Labute approximate surface area is 186 Å². The number of aromatic nitrogens is 5. The number of nitrogens with zero attached hydrogens (tertiary/aromatic N) is 6. The molecule has 1 aliphatic heterocycles. The summed E-state index contributed by atoms with van der Waals surface area (Å²) in [4.78, 5) is 24.7. The van der Waals surface area contributed by atoms with Crippen LogP contribution in [0.1, 0.15) is 41.3 Å². The molecule has 1 aliphatic rings. The van der Waals surface area contributed by atoms with E-state index < -0.39 is 0 Å². The first-order valence-electron chi connectivity index (χ1n) is 11.1. The Morgan fingerprint density at radius 2 is 1.81 bits per heavy atom. The first-order valence-corrected chi connectivity index (χ1v) is 11.1. The molecule has 166 valence electrons. The fourth-order valence-electron chi connectivity index (χ4n) is 4.80.